The summed E-state index contributed by atoms with van der Waals surface area (Å²) in [6.45, 7) is 0.565. The van der Waals surface area contributed by atoms with E-state index in [9.17, 15) is 4.79 Å². The Bertz CT molecular complexity index is 500. The van der Waals surface area contributed by atoms with Crippen LogP contribution in [-0.4, -0.2) is 10.9 Å². The minimum absolute atomic E-state index is 0.211. The van der Waals surface area contributed by atoms with Crippen LogP contribution in [0.1, 0.15) is 75.5 Å². The van der Waals surface area contributed by atoms with Gasteiger partial charge in [0, 0.05) is 17.5 Å². The van der Waals surface area contributed by atoms with Crippen molar-refractivity contribution < 1.29 is 4.79 Å². The number of aromatic nitrogens is 1. The minimum Gasteiger partial charge on any atom is -0.375 e. The minimum atomic E-state index is 0.211. The van der Waals surface area contributed by atoms with Crippen LogP contribution >= 0.6 is 11.3 Å². The van der Waals surface area contributed by atoms with Gasteiger partial charge in [0.2, 0.25) is 5.91 Å². The number of thiazole rings is 1. The molecule has 4 nitrogen and oxygen atoms in total. The molecule has 0 aromatic carbocycles. The number of amides is 1. The van der Waals surface area contributed by atoms with Crippen LogP contribution in [0.5, 0.6) is 0 Å². The van der Waals surface area contributed by atoms with Crippen LogP contribution in [0, 0.1) is 17.8 Å². The Morgan fingerprint density at radius 3 is 2.21 bits per heavy atom. The first-order valence-electron chi connectivity index (χ1n) is 9.69. The number of carbonyl (C=O) groups is 1. The summed E-state index contributed by atoms with van der Waals surface area (Å²) in [5.74, 6) is 2.35. The lowest BCUT2D eigenvalue weighted by molar-refractivity contribution is -0.123. The third kappa shape index (κ3) is 4.95. The molecule has 0 unspecified atom stereocenters. The molecular weight excluding hydrogens is 318 g/mol. The highest BCUT2D eigenvalue weighted by atomic mass is 32.1. The molecule has 0 saturated heterocycles. The van der Waals surface area contributed by atoms with Crippen LogP contribution in [0.3, 0.4) is 0 Å². The summed E-state index contributed by atoms with van der Waals surface area (Å²) in [5.41, 5.74) is 5.66. The molecule has 24 heavy (non-hydrogen) atoms. The van der Waals surface area contributed by atoms with Crippen molar-refractivity contribution >= 4 is 22.4 Å². The van der Waals surface area contributed by atoms with Gasteiger partial charge < -0.3 is 11.1 Å². The Labute approximate surface area is 149 Å². The van der Waals surface area contributed by atoms with Crippen LogP contribution in [0.2, 0.25) is 0 Å². The maximum atomic E-state index is 12.6. The molecule has 2 aliphatic carbocycles. The third-order valence-corrected chi connectivity index (χ3v) is 6.79. The highest BCUT2D eigenvalue weighted by Gasteiger charge is 2.32. The topological polar surface area (TPSA) is 68.0 Å². The molecule has 134 valence electrons. The maximum Gasteiger partial charge on any atom is 0.220 e. The summed E-state index contributed by atoms with van der Waals surface area (Å²) in [6, 6.07) is 0. The monoisotopic (exact) mass is 349 g/mol. The molecule has 1 aromatic rings. The fourth-order valence-corrected chi connectivity index (χ4v) is 5.34. The average Bonchev–Trinajstić information content (AvgIpc) is 3.05. The number of hydrogen-bond donors (Lipinski definition) is 2. The highest BCUT2D eigenvalue weighted by molar-refractivity contribution is 7.15. The van der Waals surface area contributed by atoms with Crippen molar-refractivity contribution in [2.45, 2.75) is 77.2 Å². The summed E-state index contributed by atoms with van der Waals surface area (Å²) in [5, 5.41) is 3.67. The van der Waals surface area contributed by atoms with Crippen molar-refractivity contribution in [1.82, 2.24) is 10.3 Å². The number of anilines is 1. The molecule has 0 atom stereocenters. The highest BCUT2D eigenvalue weighted by Crippen LogP contribution is 2.41. The molecule has 3 rings (SSSR count). The van der Waals surface area contributed by atoms with Crippen LogP contribution in [0.4, 0.5) is 5.13 Å². The Kier molecular flexibility index (Phi) is 6.52. The van der Waals surface area contributed by atoms with Gasteiger partial charge >= 0.3 is 0 Å². The van der Waals surface area contributed by atoms with Crippen molar-refractivity contribution in [2.75, 3.05) is 5.73 Å². The number of rotatable bonds is 6. The molecule has 0 bridgehead atoms. The van der Waals surface area contributed by atoms with E-state index in [1.165, 1.54) is 75.5 Å². The predicted molar refractivity (Wildman–Crippen MR) is 99.6 cm³/mol. The zero-order valence-corrected chi connectivity index (χ0v) is 15.5. The Morgan fingerprint density at radius 2 is 1.71 bits per heavy atom. The first kappa shape index (κ1) is 17.7. The molecule has 1 aromatic heterocycles. The Balaban J connectivity index is 1.56. The second kappa shape index (κ2) is 8.84. The molecule has 2 fully saturated rings. The van der Waals surface area contributed by atoms with Gasteiger partial charge in [-0.3, -0.25) is 4.79 Å². The zero-order valence-electron chi connectivity index (χ0n) is 14.6. The number of nitrogens with zero attached hydrogens (tertiary/aromatic N) is 1. The number of nitrogens with one attached hydrogen (secondary N) is 1. The number of nitrogen functional groups attached to an aromatic ring is 1. The standard InChI is InChI=1S/C19H31N3OS/c20-19-22-13-16(24-19)12-21-18(23)11-17(14-7-3-1-4-8-14)15-9-5-2-6-10-15/h13-15,17H,1-12H2,(H2,20,22)(H,21,23). The molecular formula is C19H31N3OS. The summed E-state index contributed by atoms with van der Waals surface area (Å²) < 4.78 is 0. The SMILES string of the molecule is Nc1ncc(CNC(=O)CC(C2CCCCC2)C2CCCCC2)s1. The average molecular weight is 350 g/mol. The predicted octanol–water partition coefficient (Wildman–Crippen LogP) is 4.51. The van der Waals surface area contributed by atoms with Crippen molar-refractivity contribution in [3.8, 4) is 0 Å². The van der Waals surface area contributed by atoms with Crippen molar-refractivity contribution in [3.63, 3.8) is 0 Å². The van der Waals surface area contributed by atoms with Crippen LogP contribution in [-0.2, 0) is 11.3 Å². The van der Waals surface area contributed by atoms with Crippen LogP contribution in [0.15, 0.2) is 6.20 Å². The first-order chi connectivity index (χ1) is 11.7. The lowest BCUT2D eigenvalue weighted by Gasteiger charge is -2.37. The normalized spacial score (nSPS) is 20.4. The Morgan fingerprint density at radius 1 is 1.12 bits per heavy atom. The van der Waals surface area contributed by atoms with E-state index in [1.54, 1.807) is 6.20 Å². The second-order valence-corrected chi connectivity index (χ2v) is 8.75. The number of hydrogen-bond acceptors (Lipinski definition) is 4. The summed E-state index contributed by atoms with van der Waals surface area (Å²) in [6.07, 6.45) is 16.0. The molecule has 1 heterocycles. The van der Waals surface area contributed by atoms with Crippen molar-refractivity contribution in [3.05, 3.63) is 11.1 Å². The van der Waals surface area contributed by atoms with E-state index in [-0.39, 0.29) is 5.91 Å². The van der Waals surface area contributed by atoms with Gasteiger partial charge in [0.05, 0.1) is 6.54 Å². The zero-order chi connectivity index (χ0) is 16.8. The van der Waals surface area contributed by atoms with Gasteiger partial charge in [-0.1, -0.05) is 64.2 Å². The van der Waals surface area contributed by atoms with E-state index in [0.29, 0.717) is 24.0 Å². The lowest BCUT2D eigenvalue weighted by Crippen LogP contribution is -2.33. The molecule has 0 radical (unpaired) electrons. The molecule has 0 aliphatic heterocycles. The van der Waals surface area contributed by atoms with Crippen LogP contribution < -0.4 is 11.1 Å². The molecule has 2 aliphatic rings. The van der Waals surface area contributed by atoms with E-state index in [1.807, 2.05) is 0 Å². The fourth-order valence-electron chi connectivity index (χ4n) is 4.72. The summed E-state index contributed by atoms with van der Waals surface area (Å²) >= 11 is 1.46. The summed E-state index contributed by atoms with van der Waals surface area (Å²) in [7, 11) is 0. The van der Waals surface area contributed by atoms with Gasteiger partial charge in [0.25, 0.3) is 0 Å². The van der Waals surface area contributed by atoms with Crippen molar-refractivity contribution in [2.24, 2.45) is 17.8 Å². The van der Waals surface area contributed by atoms with E-state index in [4.69, 9.17) is 5.73 Å². The van der Waals surface area contributed by atoms with Gasteiger partial charge in [0.15, 0.2) is 5.13 Å². The number of nitrogens with two attached hydrogens (primary N) is 1. The quantitative estimate of drug-likeness (QED) is 0.794. The summed E-state index contributed by atoms with van der Waals surface area (Å²) in [4.78, 5) is 17.6. The fraction of sp³-hybridized carbons (Fsp3) is 0.789. The van der Waals surface area contributed by atoms with E-state index in [0.717, 1.165) is 16.7 Å². The maximum absolute atomic E-state index is 12.6. The van der Waals surface area contributed by atoms with E-state index < -0.39 is 0 Å². The largest absolute Gasteiger partial charge is 0.375 e. The molecule has 3 N–H and O–H groups in total. The lowest BCUT2D eigenvalue weighted by atomic mass is 9.68. The van der Waals surface area contributed by atoms with Crippen molar-refractivity contribution in [1.29, 1.82) is 0 Å². The second-order valence-electron chi connectivity index (χ2n) is 7.61. The van der Waals surface area contributed by atoms with Gasteiger partial charge in [-0.15, -0.1) is 11.3 Å². The van der Waals surface area contributed by atoms with Gasteiger partial charge in [-0.25, -0.2) is 4.98 Å². The Hall–Kier alpha value is -1.10. The van der Waals surface area contributed by atoms with Gasteiger partial charge in [-0.05, 0) is 17.8 Å². The molecule has 5 heteroatoms. The third-order valence-electron chi connectivity index (χ3n) is 5.96. The number of carbonyl (C=O) groups excluding carboxylic acids is 1. The van der Waals surface area contributed by atoms with Gasteiger partial charge in [-0.2, -0.15) is 0 Å². The smallest absolute Gasteiger partial charge is 0.220 e. The van der Waals surface area contributed by atoms with Gasteiger partial charge in [0.1, 0.15) is 0 Å². The molecule has 2 saturated carbocycles. The molecule has 0 spiro atoms. The van der Waals surface area contributed by atoms with E-state index >= 15 is 0 Å². The van der Waals surface area contributed by atoms with Crippen LogP contribution in [0.25, 0.3) is 0 Å². The molecule has 1 amide bonds. The van der Waals surface area contributed by atoms with E-state index in [2.05, 4.69) is 10.3 Å². The first-order valence-corrected chi connectivity index (χ1v) is 10.5.